The third-order valence-corrected chi connectivity index (χ3v) is 13.7. The molecule has 9 rings (SSSR count). The number of ether oxygens (including phenoxy) is 1. The van der Waals surface area contributed by atoms with Crippen molar-refractivity contribution in [3.8, 4) is 27.7 Å². The van der Waals surface area contributed by atoms with Gasteiger partial charge in [0.2, 0.25) is 11.8 Å². The van der Waals surface area contributed by atoms with E-state index in [2.05, 4.69) is 31.0 Å². The van der Waals surface area contributed by atoms with Crippen LogP contribution in [0.3, 0.4) is 0 Å². The van der Waals surface area contributed by atoms with Gasteiger partial charge in [0.15, 0.2) is 5.78 Å². The zero-order valence-corrected chi connectivity index (χ0v) is 34.9. The number of ketones is 1. The number of piperazine rings is 2. The van der Waals surface area contributed by atoms with Gasteiger partial charge in [-0.15, -0.1) is 11.3 Å². The fourth-order valence-electron chi connectivity index (χ4n) is 9.01. The number of thiophene rings is 1. The van der Waals surface area contributed by atoms with Crippen LogP contribution in [0.4, 0.5) is 5.69 Å². The number of aromatic hydroxyl groups is 2. The molecule has 61 heavy (non-hydrogen) atoms. The molecular formula is C47H50N6O7S. The molecule has 4 aromatic carbocycles. The molecule has 3 N–H and O–H groups in total. The topological polar surface area (TPSA) is 146 Å². The van der Waals surface area contributed by atoms with Crippen molar-refractivity contribution in [2.75, 3.05) is 83.5 Å². The second kappa shape index (κ2) is 17.7. The Morgan fingerprint density at radius 1 is 0.754 bits per heavy atom. The van der Waals surface area contributed by atoms with E-state index in [0.717, 1.165) is 116 Å². The Morgan fingerprint density at radius 2 is 1.43 bits per heavy atom. The standard InChI is InChI=1S/C47H50N6O7S/c54-35-7-2-32(3-8-35)45-43(39-13-9-36(55)29-41(39)61-45)44(57)31-4-10-37(11-5-31)60-27-26-51-20-18-49(19-21-51)16-1-17-50-22-24-52(25-23-50)34-6-12-38-33(28-34)30-53(47(38)59)40-14-15-42(56)48-46(40)58/h2-13,28-29,40,54-55H,1,14-27,30H2,(H,48,56,58). The zero-order valence-electron chi connectivity index (χ0n) is 34.1. The molecule has 0 aliphatic carbocycles. The highest BCUT2D eigenvalue weighted by atomic mass is 32.1. The number of carbonyl (C=O) groups is 4. The van der Waals surface area contributed by atoms with E-state index in [4.69, 9.17) is 4.74 Å². The molecule has 4 aliphatic heterocycles. The number of benzene rings is 4. The first-order chi connectivity index (χ1) is 29.7. The van der Waals surface area contributed by atoms with E-state index in [-0.39, 0.29) is 41.4 Å². The van der Waals surface area contributed by atoms with Crippen molar-refractivity contribution >= 4 is 50.6 Å². The van der Waals surface area contributed by atoms with Gasteiger partial charge >= 0.3 is 0 Å². The number of fused-ring (bicyclic) bond motifs is 2. The summed E-state index contributed by atoms with van der Waals surface area (Å²) in [5.74, 6) is 0.113. The second-order valence-corrected chi connectivity index (χ2v) is 17.4. The molecule has 0 spiro atoms. The van der Waals surface area contributed by atoms with Crippen LogP contribution in [0.15, 0.2) is 84.9 Å². The van der Waals surface area contributed by atoms with E-state index in [9.17, 15) is 29.4 Å². The van der Waals surface area contributed by atoms with Crippen molar-refractivity contribution < 1.29 is 34.1 Å². The first-order valence-electron chi connectivity index (χ1n) is 21.2. The molecule has 5 aromatic rings. The maximum Gasteiger partial charge on any atom is 0.255 e. The lowest BCUT2D eigenvalue weighted by molar-refractivity contribution is -0.136. The Labute approximate surface area is 358 Å². The number of piperidine rings is 1. The normalized spacial score (nSPS) is 19.1. The molecule has 0 saturated carbocycles. The summed E-state index contributed by atoms with van der Waals surface area (Å²) in [5, 5.41) is 23.1. The summed E-state index contributed by atoms with van der Waals surface area (Å²) in [5.41, 5.74) is 4.66. The van der Waals surface area contributed by atoms with E-state index >= 15 is 0 Å². The number of anilines is 1. The fourth-order valence-corrected chi connectivity index (χ4v) is 10.2. The van der Waals surface area contributed by atoms with Crippen molar-refractivity contribution in [1.82, 2.24) is 24.9 Å². The number of phenolic OH excluding ortho intramolecular Hbond substituents is 2. The SMILES string of the molecule is O=C1CCC(N2Cc3cc(N4CCN(CCCN5CCN(CCOc6ccc(C(=O)c7c(-c8ccc(O)cc8)sc8cc(O)ccc78)cc6)CC5)CC4)ccc3C2=O)C(=O)N1. The minimum atomic E-state index is -0.598. The van der Waals surface area contributed by atoms with Gasteiger partial charge in [0.1, 0.15) is 29.9 Å². The lowest BCUT2D eigenvalue weighted by Gasteiger charge is -2.37. The quantitative estimate of drug-likeness (QED) is 0.107. The number of amides is 3. The Morgan fingerprint density at radius 3 is 2.13 bits per heavy atom. The van der Waals surface area contributed by atoms with Gasteiger partial charge in [-0.05, 0) is 122 Å². The monoisotopic (exact) mass is 842 g/mol. The predicted octanol–water partition coefficient (Wildman–Crippen LogP) is 5.18. The Bertz CT molecular complexity index is 2440. The second-order valence-electron chi connectivity index (χ2n) is 16.3. The van der Waals surface area contributed by atoms with Gasteiger partial charge in [0, 0.05) is 109 Å². The summed E-state index contributed by atoms with van der Waals surface area (Å²) in [7, 11) is 0. The largest absolute Gasteiger partial charge is 0.508 e. The van der Waals surface area contributed by atoms with Crippen molar-refractivity contribution in [1.29, 1.82) is 0 Å². The van der Waals surface area contributed by atoms with Crippen LogP contribution in [-0.4, -0.2) is 138 Å². The van der Waals surface area contributed by atoms with Crippen LogP contribution in [-0.2, 0) is 16.1 Å². The summed E-state index contributed by atoms with van der Waals surface area (Å²) in [6, 6.07) is 24.6. The molecule has 13 nitrogen and oxygen atoms in total. The highest BCUT2D eigenvalue weighted by Gasteiger charge is 2.39. The maximum atomic E-state index is 13.9. The zero-order chi connectivity index (χ0) is 42.0. The molecule has 1 atom stereocenters. The highest BCUT2D eigenvalue weighted by molar-refractivity contribution is 7.22. The molecule has 1 unspecified atom stereocenters. The third kappa shape index (κ3) is 8.85. The highest BCUT2D eigenvalue weighted by Crippen LogP contribution is 2.41. The molecular weight excluding hydrogens is 793 g/mol. The number of rotatable bonds is 13. The van der Waals surface area contributed by atoms with E-state index in [0.29, 0.717) is 36.3 Å². The molecule has 14 heteroatoms. The van der Waals surface area contributed by atoms with Gasteiger partial charge < -0.3 is 29.6 Å². The number of nitrogens with one attached hydrogen (secondary N) is 1. The number of phenols is 2. The smallest absolute Gasteiger partial charge is 0.255 e. The van der Waals surface area contributed by atoms with Crippen LogP contribution < -0.4 is 15.0 Å². The van der Waals surface area contributed by atoms with Crippen LogP contribution in [0.5, 0.6) is 17.2 Å². The first-order valence-corrected chi connectivity index (χ1v) is 22.0. The Hall–Kier alpha value is -5.80. The van der Waals surface area contributed by atoms with E-state index in [1.54, 1.807) is 59.5 Å². The molecule has 0 radical (unpaired) electrons. The number of carbonyl (C=O) groups excluding carboxylic acids is 4. The predicted molar refractivity (Wildman–Crippen MR) is 235 cm³/mol. The van der Waals surface area contributed by atoms with Crippen molar-refractivity contribution in [3.05, 3.63) is 107 Å². The van der Waals surface area contributed by atoms with Crippen LogP contribution >= 0.6 is 11.3 Å². The van der Waals surface area contributed by atoms with Gasteiger partial charge in [-0.2, -0.15) is 0 Å². The lowest BCUT2D eigenvalue weighted by Crippen LogP contribution is -2.52. The Kier molecular flexibility index (Phi) is 11.8. The van der Waals surface area contributed by atoms with Gasteiger partial charge in [-0.3, -0.25) is 34.3 Å². The molecule has 4 aliphatic rings. The third-order valence-electron chi connectivity index (χ3n) is 12.5. The molecule has 3 fully saturated rings. The summed E-state index contributed by atoms with van der Waals surface area (Å²) in [6.45, 7) is 11.9. The van der Waals surface area contributed by atoms with Gasteiger partial charge in [0.25, 0.3) is 5.91 Å². The molecule has 3 saturated heterocycles. The van der Waals surface area contributed by atoms with Crippen LogP contribution in [0.1, 0.15) is 51.1 Å². The van der Waals surface area contributed by atoms with E-state index in [1.165, 1.54) is 11.3 Å². The van der Waals surface area contributed by atoms with Crippen LogP contribution in [0.2, 0.25) is 0 Å². The average Bonchev–Trinajstić information content (AvgIpc) is 3.81. The fraction of sp³-hybridized carbons (Fsp3) is 0.362. The van der Waals surface area contributed by atoms with Gasteiger partial charge in [0.05, 0.1) is 0 Å². The lowest BCUT2D eigenvalue weighted by atomic mass is 9.97. The van der Waals surface area contributed by atoms with Crippen molar-refractivity contribution in [3.63, 3.8) is 0 Å². The van der Waals surface area contributed by atoms with Gasteiger partial charge in [-0.1, -0.05) is 0 Å². The average molecular weight is 843 g/mol. The van der Waals surface area contributed by atoms with Crippen LogP contribution in [0, 0.1) is 0 Å². The maximum absolute atomic E-state index is 13.9. The minimum Gasteiger partial charge on any atom is -0.508 e. The molecule has 1 aromatic heterocycles. The summed E-state index contributed by atoms with van der Waals surface area (Å²) >= 11 is 1.44. The van der Waals surface area contributed by atoms with E-state index < -0.39 is 6.04 Å². The van der Waals surface area contributed by atoms with Crippen molar-refractivity contribution in [2.45, 2.75) is 31.8 Å². The number of nitrogens with zero attached hydrogens (tertiary/aromatic N) is 5. The van der Waals surface area contributed by atoms with Gasteiger partial charge in [-0.25, -0.2) is 0 Å². The minimum absolute atomic E-state index is 0.109. The molecule has 3 amide bonds. The molecule has 5 heterocycles. The van der Waals surface area contributed by atoms with E-state index in [1.807, 2.05) is 24.3 Å². The van der Waals surface area contributed by atoms with Crippen LogP contribution in [0.25, 0.3) is 20.5 Å². The number of imide groups is 1. The number of hydrogen-bond donors (Lipinski definition) is 3. The summed E-state index contributed by atoms with van der Waals surface area (Å²) in [4.78, 5) is 63.4. The molecule has 0 bridgehead atoms. The number of hydrogen-bond acceptors (Lipinski definition) is 12. The summed E-state index contributed by atoms with van der Waals surface area (Å²) < 4.78 is 6.93. The first kappa shape index (κ1) is 40.6. The Balaban J connectivity index is 0.683. The molecule has 316 valence electrons. The summed E-state index contributed by atoms with van der Waals surface area (Å²) in [6.07, 6.45) is 1.75. The van der Waals surface area contributed by atoms with Crippen molar-refractivity contribution in [2.24, 2.45) is 0 Å².